The molecule has 0 spiro atoms. The summed E-state index contributed by atoms with van der Waals surface area (Å²) in [4.78, 5) is 23.5. The molecule has 42 heavy (non-hydrogen) atoms. The van der Waals surface area contributed by atoms with Crippen LogP contribution in [0, 0.1) is 0 Å². The van der Waals surface area contributed by atoms with E-state index >= 15 is 0 Å². The number of aromatic nitrogens is 3. The molecule has 0 radical (unpaired) electrons. The van der Waals surface area contributed by atoms with Gasteiger partial charge in [-0.05, 0) is 34.9 Å². The second kappa shape index (κ2) is 9.04. The van der Waals surface area contributed by atoms with E-state index in [-0.39, 0.29) is 13.0 Å². The Morgan fingerprint density at radius 1 is 0.786 bits per heavy atom. The fourth-order valence-electron chi connectivity index (χ4n) is 6.83. The Kier molecular flexibility index (Phi) is 5.45. The number of para-hydroxylation sites is 3. The average molecular weight is 564 g/mol. The summed E-state index contributed by atoms with van der Waals surface area (Å²) in [5.41, 5.74) is 5.33. The second-order valence-electron chi connectivity index (χ2n) is 11.4. The molecule has 0 amide bonds. The third-order valence-electron chi connectivity index (χ3n) is 9.01. The molecule has 2 unspecified atom stereocenters. The number of ether oxygens (including phenoxy) is 2. The van der Waals surface area contributed by atoms with Gasteiger partial charge in [0.1, 0.15) is 6.10 Å². The van der Waals surface area contributed by atoms with Crippen molar-refractivity contribution in [2.45, 2.75) is 42.9 Å². The number of carbonyl (C=O) groups excluding carboxylic acids is 1. The van der Waals surface area contributed by atoms with Crippen LogP contribution >= 0.6 is 0 Å². The number of fused-ring (bicyclic) bond motifs is 4. The first kappa shape index (κ1) is 25.3. The van der Waals surface area contributed by atoms with E-state index in [1.807, 2.05) is 54.7 Å². The molecule has 5 heterocycles. The summed E-state index contributed by atoms with van der Waals surface area (Å²) in [6.45, 7) is -0.246. The van der Waals surface area contributed by atoms with Gasteiger partial charge in [-0.3, -0.25) is 0 Å². The van der Waals surface area contributed by atoms with Gasteiger partial charge in [0.2, 0.25) is 11.4 Å². The molecule has 212 valence electrons. The van der Waals surface area contributed by atoms with Crippen LogP contribution in [0.1, 0.15) is 28.1 Å². The lowest BCUT2D eigenvalue weighted by Gasteiger charge is -2.32. The SMILES string of the molecule is O=C1OC2[C@@H](O)CO[C@]2(O)C1(O)Cc1c(Cc2c(Cc3c[nH]c4ccccc34)[nH]c3ccccc23)[nH]c2ccccc12. The second-order valence-corrected chi connectivity index (χ2v) is 11.4. The summed E-state index contributed by atoms with van der Waals surface area (Å²) in [5, 5.41) is 36.3. The minimum absolute atomic E-state index is 0.246. The van der Waals surface area contributed by atoms with Crippen LogP contribution in [0.15, 0.2) is 79.0 Å². The van der Waals surface area contributed by atoms with Crippen LogP contribution in [0.25, 0.3) is 32.7 Å². The zero-order valence-corrected chi connectivity index (χ0v) is 22.6. The number of hydrogen-bond donors (Lipinski definition) is 6. The van der Waals surface area contributed by atoms with Crippen LogP contribution in [0.5, 0.6) is 0 Å². The van der Waals surface area contributed by atoms with E-state index in [1.165, 1.54) is 5.56 Å². The van der Waals surface area contributed by atoms with Crippen LogP contribution in [0.4, 0.5) is 0 Å². The summed E-state index contributed by atoms with van der Waals surface area (Å²) >= 11 is 0. The molecule has 8 rings (SSSR count). The number of benzene rings is 3. The molecule has 0 aliphatic carbocycles. The standard InChI is InChI=1S/C33H29N3O6/c37-29-17-41-33(40)30(29)42-31(38)32(33,39)15-23-21-9-3-6-12-26(21)36-28(23)14-22-20-8-2-5-11-25(20)35-27(22)13-18-16-34-24-10-4-1-7-19(18)24/h1-12,16,29-30,34-37,39-40H,13-15,17H2/t29-,30?,32?,33-/m0/s1. The topological polar surface area (TPSA) is 144 Å². The third kappa shape index (κ3) is 3.55. The number of carbonyl (C=O) groups is 1. The Bertz CT molecular complexity index is 2010. The molecule has 4 atom stereocenters. The minimum atomic E-state index is -2.40. The summed E-state index contributed by atoms with van der Waals surface area (Å²) in [5.74, 6) is -3.38. The molecule has 2 saturated heterocycles. The van der Waals surface area contributed by atoms with Gasteiger partial charge in [0.05, 0.1) is 6.61 Å². The smallest absolute Gasteiger partial charge is 0.344 e. The largest absolute Gasteiger partial charge is 0.451 e. The number of esters is 1. The summed E-state index contributed by atoms with van der Waals surface area (Å²) in [6.07, 6.45) is 0.344. The van der Waals surface area contributed by atoms with E-state index in [1.54, 1.807) is 0 Å². The molecule has 3 aromatic heterocycles. The van der Waals surface area contributed by atoms with Crippen molar-refractivity contribution in [3.8, 4) is 0 Å². The zero-order chi connectivity index (χ0) is 28.6. The molecule has 6 N–H and O–H groups in total. The number of aliphatic hydroxyl groups is 3. The quantitative estimate of drug-likeness (QED) is 0.171. The Morgan fingerprint density at radius 3 is 2.10 bits per heavy atom. The van der Waals surface area contributed by atoms with Crippen LogP contribution in [-0.2, 0) is 33.5 Å². The van der Waals surface area contributed by atoms with E-state index < -0.39 is 29.6 Å². The van der Waals surface area contributed by atoms with E-state index in [4.69, 9.17) is 9.47 Å². The highest BCUT2D eigenvalue weighted by Gasteiger charge is 2.73. The molecular weight excluding hydrogens is 534 g/mol. The first-order valence-electron chi connectivity index (χ1n) is 14.1. The normalized spacial score (nSPS) is 25.5. The zero-order valence-electron chi connectivity index (χ0n) is 22.6. The number of aliphatic hydroxyl groups excluding tert-OH is 1. The summed E-state index contributed by atoms with van der Waals surface area (Å²) in [7, 11) is 0. The van der Waals surface area contributed by atoms with Gasteiger partial charge in [0, 0.05) is 69.6 Å². The fourth-order valence-corrected chi connectivity index (χ4v) is 6.83. The monoisotopic (exact) mass is 563 g/mol. The van der Waals surface area contributed by atoms with Gasteiger partial charge in [-0.25, -0.2) is 4.79 Å². The summed E-state index contributed by atoms with van der Waals surface area (Å²) in [6, 6.07) is 24.0. The van der Waals surface area contributed by atoms with Gasteiger partial charge >= 0.3 is 5.97 Å². The van der Waals surface area contributed by atoms with Crippen molar-refractivity contribution in [2.24, 2.45) is 0 Å². The fraction of sp³-hybridized carbons (Fsp3) is 0.242. The van der Waals surface area contributed by atoms with Crippen molar-refractivity contribution in [1.29, 1.82) is 0 Å². The molecule has 9 nitrogen and oxygen atoms in total. The van der Waals surface area contributed by atoms with Crippen molar-refractivity contribution in [3.05, 3.63) is 107 Å². The van der Waals surface area contributed by atoms with Crippen molar-refractivity contribution in [3.63, 3.8) is 0 Å². The molecule has 0 saturated carbocycles. The molecule has 9 heteroatoms. The predicted octanol–water partition coefficient (Wildman–Crippen LogP) is 3.59. The van der Waals surface area contributed by atoms with Crippen LogP contribution in [0.2, 0.25) is 0 Å². The first-order valence-corrected chi connectivity index (χ1v) is 14.1. The third-order valence-corrected chi connectivity index (χ3v) is 9.01. The van der Waals surface area contributed by atoms with Crippen LogP contribution in [-0.4, -0.2) is 66.4 Å². The number of hydrogen-bond acceptors (Lipinski definition) is 6. The van der Waals surface area contributed by atoms with E-state index in [0.29, 0.717) is 18.4 Å². The summed E-state index contributed by atoms with van der Waals surface area (Å²) < 4.78 is 10.7. The van der Waals surface area contributed by atoms with Gasteiger partial charge in [-0.2, -0.15) is 0 Å². The Labute approximate surface area is 239 Å². The van der Waals surface area contributed by atoms with Crippen LogP contribution < -0.4 is 0 Å². The van der Waals surface area contributed by atoms with E-state index in [2.05, 4.69) is 39.2 Å². The maximum atomic E-state index is 13.0. The Morgan fingerprint density at radius 2 is 1.38 bits per heavy atom. The molecule has 2 fully saturated rings. The van der Waals surface area contributed by atoms with Gasteiger partial charge in [-0.15, -0.1) is 0 Å². The number of rotatable bonds is 6. The highest BCUT2D eigenvalue weighted by molar-refractivity contribution is 5.90. The molecule has 3 aromatic carbocycles. The number of H-pyrrole nitrogens is 3. The number of aromatic amines is 3. The van der Waals surface area contributed by atoms with Gasteiger partial charge < -0.3 is 39.7 Å². The lowest BCUT2D eigenvalue weighted by atomic mass is 9.84. The maximum absolute atomic E-state index is 13.0. The van der Waals surface area contributed by atoms with Gasteiger partial charge in [-0.1, -0.05) is 54.6 Å². The molecule has 0 bridgehead atoms. The Hall–Kier alpha value is -4.41. The highest BCUT2D eigenvalue weighted by atomic mass is 16.7. The molecule has 2 aliphatic heterocycles. The van der Waals surface area contributed by atoms with Gasteiger partial charge in [0.15, 0.2) is 6.10 Å². The molecule has 2 aliphatic rings. The van der Waals surface area contributed by atoms with Gasteiger partial charge in [0.25, 0.3) is 0 Å². The van der Waals surface area contributed by atoms with Crippen molar-refractivity contribution in [2.75, 3.05) is 6.61 Å². The lowest BCUT2D eigenvalue weighted by molar-refractivity contribution is -0.262. The maximum Gasteiger partial charge on any atom is 0.344 e. The lowest BCUT2D eigenvalue weighted by Crippen LogP contribution is -2.59. The van der Waals surface area contributed by atoms with Crippen molar-refractivity contribution >= 4 is 38.7 Å². The number of nitrogens with one attached hydrogen (secondary N) is 3. The first-order chi connectivity index (χ1) is 20.4. The Balaban J connectivity index is 1.24. The van der Waals surface area contributed by atoms with Crippen LogP contribution in [0.3, 0.4) is 0 Å². The predicted molar refractivity (Wildman–Crippen MR) is 156 cm³/mol. The average Bonchev–Trinajstić information content (AvgIpc) is 3.77. The molecular formula is C33H29N3O6. The van der Waals surface area contributed by atoms with Crippen molar-refractivity contribution < 1.29 is 29.6 Å². The van der Waals surface area contributed by atoms with E-state index in [9.17, 15) is 20.1 Å². The minimum Gasteiger partial charge on any atom is -0.451 e. The van der Waals surface area contributed by atoms with Crippen molar-refractivity contribution in [1.82, 2.24) is 15.0 Å². The van der Waals surface area contributed by atoms with E-state index in [0.717, 1.165) is 49.7 Å². The molecule has 6 aromatic rings. The highest BCUT2D eigenvalue weighted by Crippen LogP contribution is 2.46.